The van der Waals surface area contributed by atoms with Crippen molar-refractivity contribution in [3.8, 4) is 5.75 Å². The summed E-state index contributed by atoms with van der Waals surface area (Å²) in [5.41, 5.74) is 7.11. The predicted octanol–water partition coefficient (Wildman–Crippen LogP) is 1.53. The van der Waals surface area contributed by atoms with Crippen LogP contribution in [0, 0.1) is 0 Å². The van der Waals surface area contributed by atoms with Crippen molar-refractivity contribution in [2.75, 3.05) is 26.2 Å². The van der Waals surface area contributed by atoms with Gasteiger partial charge in [0.15, 0.2) is 0 Å². The molecule has 2 heterocycles. The second-order valence-corrected chi connectivity index (χ2v) is 7.87. The maximum Gasteiger partial charge on any atom is 0.147 e. The van der Waals surface area contributed by atoms with Gasteiger partial charge in [-0.3, -0.25) is 9.80 Å². The zero-order valence-corrected chi connectivity index (χ0v) is 16.1. The molecule has 0 radical (unpaired) electrons. The molecule has 2 aliphatic rings. The van der Waals surface area contributed by atoms with Crippen LogP contribution >= 0.6 is 0 Å². The van der Waals surface area contributed by atoms with Gasteiger partial charge in [-0.25, -0.2) is 0 Å². The normalized spacial score (nSPS) is 24.1. The number of benzene rings is 1. The highest BCUT2D eigenvalue weighted by atomic mass is 16.3. The first kappa shape index (κ1) is 18.4. The number of rotatable bonds is 6. The minimum Gasteiger partial charge on any atom is -0.508 e. The van der Waals surface area contributed by atoms with Gasteiger partial charge in [-0.15, -0.1) is 10.2 Å². The maximum atomic E-state index is 9.63. The molecule has 7 heteroatoms. The number of hydrogen-bond acceptors (Lipinski definition) is 6. The van der Waals surface area contributed by atoms with E-state index in [0.29, 0.717) is 17.7 Å². The highest BCUT2D eigenvalue weighted by Crippen LogP contribution is 2.34. The Kier molecular flexibility index (Phi) is 5.43. The second kappa shape index (κ2) is 7.96. The smallest absolute Gasteiger partial charge is 0.147 e. The molecule has 0 amide bonds. The van der Waals surface area contributed by atoms with E-state index < -0.39 is 0 Å². The number of nitrogens with two attached hydrogens (primary N) is 1. The third kappa shape index (κ3) is 4.15. The Morgan fingerprint density at radius 1 is 1.07 bits per heavy atom. The van der Waals surface area contributed by atoms with Crippen LogP contribution in [-0.2, 0) is 19.6 Å². The van der Waals surface area contributed by atoms with E-state index in [1.165, 1.54) is 0 Å². The average molecular weight is 371 g/mol. The number of aromatic hydroxyl groups is 1. The third-order valence-corrected chi connectivity index (χ3v) is 5.86. The molecule has 0 atom stereocenters. The molecule has 2 fully saturated rings. The van der Waals surface area contributed by atoms with Crippen LogP contribution in [0.3, 0.4) is 0 Å². The molecule has 27 heavy (non-hydrogen) atoms. The van der Waals surface area contributed by atoms with Crippen molar-refractivity contribution in [3.63, 3.8) is 0 Å². The van der Waals surface area contributed by atoms with E-state index in [1.807, 2.05) is 12.1 Å². The molecule has 1 saturated carbocycles. The summed E-state index contributed by atoms with van der Waals surface area (Å²) in [6.45, 7) is 8.95. The number of phenolic OH excluding ortho intramolecular Hbond substituents is 1. The molecule has 1 saturated heterocycles. The summed E-state index contributed by atoms with van der Waals surface area (Å²) in [7, 11) is 0. The van der Waals surface area contributed by atoms with E-state index in [1.54, 1.807) is 6.07 Å². The van der Waals surface area contributed by atoms with E-state index in [0.717, 1.165) is 75.9 Å². The quantitative estimate of drug-likeness (QED) is 0.802. The summed E-state index contributed by atoms with van der Waals surface area (Å²) in [5, 5.41) is 18.6. The summed E-state index contributed by atoms with van der Waals surface area (Å²) >= 11 is 0. The highest BCUT2D eigenvalue weighted by Gasteiger charge is 2.32. The lowest BCUT2D eigenvalue weighted by Gasteiger charge is -2.35. The summed E-state index contributed by atoms with van der Waals surface area (Å²) in [4.78, 5) is 4.91. The zero-order chi connectivity index (χ0) is 18.8. The van der Waals surface area contributed by atoms with Crippen molar-refractivity contribution in [2.24, 2.45) is 5.73 Å². The molecular weight excluding hydrogens is 340 g/mol. The van der Waals surface area contributed by atoms with Gasteiger partial charge >= 0.3 is 0 Å². The van der Waals surface area contributed by atoms with E-state index >= 15 is 0 Å². The van der Waals surface area contributed by atoms with Crippen LogP contribution in [0.5, 0.6) is 5.75 Å². The van der Waals surface area contributed by atoms with Crippen molar-refractivity contribution in [2.45, 2.75) is 51.4 Å². The number of piperazine rings is 1. The molecule has 0 unspecified atom stereocenters. The molecule has 4 rings (SSSR count). The first-order valence-electron chi connectivity index (χ1n) is 10.0. The molecule has 1 aromatic heterocycles. The van der Waals surface area contributed by atoms with Crippen LogP contribution in [0.2, 0.25) is 0 Å². The van der Waals surface area contributed by atoms with Gasteiger partial charge in [0, 0.05) is 51.2 Å². The SMILES string of the molecule is CCn1c(CN2CCN(Cc3cccc(O)c3)CC2)nnc1C1CC(N)C1. The molecule has 0 bridgehead atoms. The van der Waals surface area contributed by atoms with Gasteiger partial charge in [-0.05, 0) is 37.5 Å². The summed E-state index contributed by atoms with van der Waals surface area (Å²) < 4.78 is 2.29. The van der Waals surface area contributed by atoms with Crippen LogP contribution in [0.25, 0.3) is 0 Å². The molecule has 0 spiro atoms. The van der Waals surface area contributed by atoms with Gasteiger partial charge in [0.25, 0.3) is 0 Å². The molecule has 146 valence electrons. The summed E-state index contributed by atoms with van der Waals surface area (Å²) in [5.74, 6) is 3.03. The Morgan fingerprint density at radius 2 is 1.78 bits per heavy atom. The van der Waals surface area contributed by atoms with Crippen molar-refractivity contribution in [1.82, 2.24) is 24.6 Å². The fourth-order valence-corrected chi connectivity index (χ4v) is 4.20. The topological polar surface area (TPSA) is 83.4 Å². The molecular formula is C20H30N6O. The number of aromatic nitrogens is 3. The maximum absolute atomic E-state index is 9.63. The summed E-state index contributed by atoms with van der Waals surface area (Å²) in [6, 6.07) is 7.88. The molecule has 7 nitrogen and oxygen atoms in total. The van der Waals surface area contributed by atoms with Gasteiger partial charge in [0.1, 0.15) is 17.4 Å². The van der Waals surface area contributed by atoms with Crippen LogP contribution in [0.1, 0.15) is 42.9 Å². The standard InChI is InChI=1S/C20H30N6O/c1-2-26-19(22-23-20(26)16-11-17(21)12-16)14-25-8-6-24(7-9-25)13-15-4-3-5-18(27)10-15/h3-5,10,16-17,27H,2,6-9,11-14,21H2,1H3. The monoisotopic (exact) mass is 370 g/mol. The van der Waals surface area contributed by atoms with Crippen molar-refractivity contribution in [3.05, 3.63) is 41.5 Å². The van der Waals surface area contributed by atoms with Crippen LogP contribution in [-0.4, -0.2) is 61.9 Å². The van der Waals surface area contributed by atoms with Crippen molar-refractivity contribution < 1.29 is 5.11 Å². The lowest BCUT2D eigenvalue weighted by molar-refractivity contribution is 0.118. The molecule has 3 N–H and O–H groups in total. The molecule has 2 aromatic rings. The van der Waals surface area contributed by atoms with Crippen LogP contribution in [0.15, 0.2) is 24.3 Å². The zero-order valence-electron chi connectivity index (χ0n) is 16.1. The van der Waals surface area contributed by atoms with Gasteiger partial charge in [0.05, 0.1) is 6.54 Å². The largest absolute Gasteiger partial charge is 0.508 e. The Morgan fingerprint density at radius 3 is 2.41 bits per heavy atom. The Labute approximate surface area is 160 Å². The lowest BCUT2D eigenvalue weighted by atomic mass is 9.80. The van der Waals surface area contributed by atoms with Crippen molar-refractivity contribution >= 4 is 0 Å². The fraction of sp³-hybridized carbons (Fsp3) is 0.600. The van der Waals surface area contributed by atoms with Gasteiger partial charge in [-0.2, -0.15) is 0 Å². The minimum absolute atomic E-state index is 0.333. The van der Waals surface area contributed by atoms with Gasteiger partial charge in [-0.1, -0.05) is 12.1 Å². The predicted molar refractivity (Wildman–Crippen MR) is 104 cm³/mol. The van der Waals surface area contributed by atoms with Crippen LogP contribution in [0.4, 0.5) is 0 Å². The van der Waals surface area contributed by atoms with Crippen molar-refractivity contribution in [1.29, 1.82) is 0 Å². The second-order valence-electron chi connectivity index (χ2n) is 7.87. The summed E-state index contributed by atoms with van der Waals surface area (Å²) in [6.07, 6.45) is 2.07. The van der Waals surface area contributed by atoms with Gasteiger partial charge in [0.2, 0.25) is 0 Å². The lowest BCUT2D eigenvalue weighted by Crippen LogP contribution is -2.45. The number of hydrogen-bond donors (Lipinski definition) is 2. The van der Waals surface area contributed by atoms with E-state index in [2.05, 4.69) is 37.6 Å². The van der Waals surface area contributed by atoms with E-state index in [9.17, 15) is 5.11 Å². The van der Waals surface area contributed by atoms with E-state index in [-0.39, 0.29) is 0 Å². The molecule has 1 aliphatic heterocycles. The fourth-order valence-electron chi connectivity index (χ4n) is 4.20. The molecule has 1 aliphatic carbocycles. The Hall–Kier alpha value is -1.96. The minimum atomic E-state index is 0.333. The van der Waals surface area contributed by atoms with Gasteiger partial charge < -0.3 is 15.4 Å². The Balaban J connectivity index is 1.31. The third-order valence-electron chi connectivity index (χ3n) is 5.86. The number of nitrogens with zero attached hydrogens (tertiary/aromatic N) is 5. The number of phenols is 1. The Bertz CT molecular complexity index is 762. The van der Waals surface area contributed by atoms with E-state index in [4.69, 9.17) is 5.73 Å². The molecule has 1 aromatic carbocycles. The van der Waals surface area contributed by atoms with Crippen LogP contribution < -0.4 is 5.73 Å². The highest BCUT2D eigenvalue weighted by molar-refractivity contribution is 5.27. The first-order valence-corrected chi connectivity index (χ1v) is 10.0. The first-order chi connectivity index (χ1) is 13.1. The average Bonchev–Trinajstić information content (AvgIpc) is 3.03.